The molecule has 1 saturated carbocycles. The Bertz CT molecular complexity index is 1550. The summed E-state index contributed by atoms with van der Waals surface area (Å²) in [5.74, 6) is -1.22. The number of fused-ring (bicyclic) bond motifs is 1. The second-order valence-corrected chi connectivity index (χ2v) is 9.86. The van der Waals surface area contributed by atoms with Crippen LogP contribution in [-0.4, -0.2) is 36.3 Å². The molecule has 2 fully saturated rings. The van der Waals surface area contributed by atoms with E-state index in [0.29, 0.717) is 37.6 Å². The Morgan fingerprint density at radius 3 is 2.54 bits per heavy atom. The van der Waals surface area contributed by atoms with Gasteiger partial charge in [-0.1, -0.05) is 0 Å². The second-order valence-electron chi connectivity index (χ2n) is 9.86. The summed E-state index contributed by atoms with van der Waals surface area (Å²) < 4.78 is 89.7. The van der Waals surface area contributed by atoms with Gasteiger partial charge < -0.3 is 4.74 Å². The van der Waals surface area contributed by atoms with Gasteiger partial charge in [-0.25, -0.2) is 33.1 Å². The monoisotopic (exact) mass is 548 g/mol. The van der Waals surface area contributed by atoms with Crippen LogP contribution in [0.2, 0.25) is 0 Å². The van der Waals surface area contributed by atoms with E-state index in [1.54, 1.807) is 6.20 Å². The van der Waals surface area contributed by atoms with Crippen molar-refractivity contribution in [2.24, 2.45) is 0 Å². The smallest absolute Gasteiger partial charge is 0.373 e. The Labute approximate surface area is 218 Å². The second kappa shape index (κ2) is 9.54. The van der Waals surface area contributed by atoms with E-state index in [1.165, 1.54) is 6.92 Å². The highest BCUT2D eigenvalue weighted by molar-refractivity contribution is 5.87. The molecular formula is C26H22F6N6O. The van der Waals surface area contributed by atoms with Gasteiger partial charge in [-0.05, 0) is 50.8 Å². The Kier molecular flexibility index (Phi) is 6.28. The fourth-order valence-electron chi connectivity index (χ4n) is 4.84. The number of halogens is 6. The van der Waals surface area contributed by atoms with E-state index in [4.69, 9.17) is 4.74 Å². The first-order chi connectivity index (χ1) is 18.6. The third kappa shape index (κ3) is 4.95. The molecule has 204 valence electrons. The van der Waals surface area contributed by atoms with E-state index >= 15 is 4.39 Å². The zero-order chi connectivity index (χ0) is 27.5. The van der Waals surface area contributed by atoms with Crippen LogP contribution in [0.3, 0.4) is 0 Å². The highest BCUT2D eigenvalue weighted by Crippen LogP contribution is 2.40. The Balaban J connectivity index is 1.44. The van der Waals surface area contributed by atoms with Gasteiger partial charge in [0.1, 0.15) is 28.5 Å². The SMILES string of the molecule is Cc1nc2nc([C@H]3CCO[C@@H](c4cnn(C5CC5)c4)C3)nc(-c3ccc(C(F)(F)F)cc3F)c2nc1C(F)F. The van der Waals surface area contributed by atoms with E-state index < -0.39 is 29.7 Å². The van der Waals surface area contributed by atoms with Crippen molar-refractivity contribution in [3.8, 4) is 11.3 Å². The average Bonchev–Trinajstić information content (AvgIpc) is 3.63. The minimum absolute atomic E-state index is 0.0409. The molecule has 0 N–H and O–H groups in total. The van der Waals surface area contributed by atoms with Crippen LogP contribution >= 0.6 is 0 Å². The fraction of sp³-hybridized carbons (Fsp3) is 0.423. The van der Waals surface area contributed by atoms with Gasteiger partial charge in [-0.3, -0.25) is 4.68 Å². The summed E-state index contributed by atoms with van der Waals surface area (Å²) in [6.07, 6.45) is -1.16. The first-order valence-corrected chi connectivity index (χ1v) is 12.5. The molecule has 39 heavy (non-hydrogen) atoms. The van der Waals surface area contributed by atoms with Gasteiger partial charge in [-0.15, -0.1) is 0 Å². The number of hydrogen-bond donors (Lipinski definition) is 0. The van der Waals surface area contributed by atoms with Gasteiger partial charge in [-0.2, -0.15) is 18.3 Å². The predicted molar refractivity (Wildman–Crippen MR) is 126 cm³/mol. The number of ether oxygens (including phenoxy) is 1. The van der Waals surface area contributed by atoms with Crippen molar-refractivity contribution >= 4 is 11.2 Å². The van der Waals surface area contributed by atoms with Crippen LogP contribution in [0.1, 0.15) is 78.5 Å². The summed E-state index contributed by atoms with van der Waals surface area (Å²) in [4.78, 5) is 17.2. The summed E-state index contributed by atoms with van der Waals surface area (Å²) >= 11 is 0. The minimum Gasteiger partial charge on any atom is -0.373 e. The molecule has 2 aliphatic rings. The lowest BCUT2D eigenvalue weighted by molar-refractivity contribution is -0.137. The minimum atomic E-state index is -4.76. The summed E-state index contributed by atoms with van der Waals surface area (Å²) in [5, 5.41) is 4.42. The van der Waals surface area contributed by atoms with Crippen LogP contribution in [-0.2, 0) is 10.9 Å². The number of rotatable bonds is 5. The molecule has 0 unspecified atom stereocenters. The van der Waals surface area contributed by atoms with Crippen molar-refractivity contribution < 1.29 is 31.1 Å². The van der Waals surface area contributed by atoms with Crippen LogP contribution in [0.5, 0.6) is 0 Å². The van der Waals surface area contributed by atoms with Crippen LogP contribution in [0.4, 0.5) is 26.3 Å². The zero-order valence-electron chi connectivity index (χ0n) is 20.6. The van der Waals surface area contributed by atoms with Crippen molar-refractivity contribution in [2.75, 3.05) is 6.61 Å². The summed E-state index contributed by atoms with van der Waals surface area (Å²) in [7, 11) is 0. The molecule has 7 nitrogen and oxygen atoms in total. The Morgan fingerprint density at radius 2 is 1.85 bits per heavy atom. The van der Waals surface area contributed by atoms with E-state index in [-0.39, 0.29) is 46.0 Å². The van der Waals surface area contributed by atoms with Crippen molar-refractivity contribution in [2.45, 2.75) is 63.3 Å². The highest BCUT2D eigenvalue weighted by atomic mass is 19.4. The van der Waals surface area contributed by atoms with Crippen LogP contribution in [0, 0.1) is 12.7 Å². The average molecular weight is 548 g/mol. The molecular weight excluding hydrogens is 526 g/mol. The lowest BCUT2D eigenvalue weighted by Crippen LogP contribution is -2.20. The lowest BCUT2D eigenvalue weighted by Gasteiger charge is -2.28. The molecule has 13 heteroatoms. The molecule has 1 aliphatic carbocycles. The molecule has 2 atom stereocenters. The standard InChI is InChI=1S/C26H22F6N6O/c1-12-20(23(28)29)35-22-21(17-5-2-15(9-18(17)27)26(30,31)32)36-24(37-25(22)34-12)13-6-7-39-19(8-13)14-10-33-38(11-14)16-3-4-16/h2,5,9-11,13,16,19,23H,3-4,6-8H2,1H3/t13-,19+/m0/s1. The van der Waals surface area contributed by atoms with Gasteiger partial charge in [0.25, 0.3) is 6.43 Å². The maximum atomic E-state index is 15.1. The summed E-state index contributed by atoms with van der Waals surface area (Å²) in [6, 6.07) is 2.39. The molecule has 0 spiro atoms. The van der Waals surface area contributed by atoms with Crippen LogP contribution in [0.15, 0.2) is 30.6 Å². The molecule has 1 saturated heterocycles. The van der Waals surface area contributed by atoms with E-state index in [2.05, 4.69) is 25.0 Å². The summed E-state index contributed by atoms with van der Waals surface area (Å²) in [5.41, 5.74) is -1.74. The quantitative estimate of drug-likeness (QED) is 0.260. The molecule has 0 bridgehead atoms. The number of aromatic nitrogens is 6. The molecule has 3 aromatic heterocycles. The van der Waals surface area contributed by atoms with E-state index in [1.807, 2.05) is 10.9 Å². The highest BCUT2D eigenvalue weighted by Gasteiger charge is 2.33. The van der Waals surface area contributed by atoms with Gasteiger partial charge >= 0.3 is 6.18 Å². The molecule has 0 amide bonds. The first kappa shape index (κ1) is 25.7. The lowest BCUT2D eigenvalue weighted by atomic mass is 9.92. The molecule has 0 radical (unpaired) electrons. The molecule has 1 aromatic carbocycles. The Hall–Kier alpha value is -3.61. The number of nitrogens with zero attached hydrogens (tertiary/aromatic N) is 6. The van der Waals surface area contributed by atoms with Gasteiger partial charge in [0.15, 0.2) is 5.65 Å². The topological polar surface area (TPSA) is 78.6 Å². The number of hydrogen-bond acceptors (Lipinski definition) is 6. The normalized spacial score (nSPS) is 20.2. The van der Waals surface area contributed by atoms with Crippen LogP contribution < -0.4 is 0 Å². The molecule has 4 aromatic rings. The maximum Gasteiger partial charge on any atom is 0.416 e. The largest absolute Gasteiger partial charge is 0.416 e. The molecule has 1 aliphatic heterocycles. The van der Waals surface area contributed by atoms with E-state index in [9.17, 15) is 22.0 Å². The zero-order valence-corrected chi connectivity index (χ0v) is 20.6. The van der Waals surface area contributed by atoms with Gasteiger partial charge in [0.2, 0.25) is 0 Å². The third-order valence-electron chi connectivity index (χ3n) is 7.08. The van der Waals surface area contributed by atoms with Crippen molar-refractivity contribution in [3.05, 3.63) is 64.7 Å². The predicted octanol–water partition coefficient (Wildman–Crippen LogP) is 6.66. The first-order valence-electron chi connectivity index (χ1n) is 12.5. The maximum absolute atomic E-state index is 15.1. The molecule has 4 heterocycles. The van der Waals surface area contributed by atoms with Gasteiger partial charge in [0, 0.05) is 29.8 Å². The fourth-order valence-corrected chi connectivity index (χ4v) is 4.84. The Morgan fingerprint density at radius 1 is 1.05 bits per heavy atom. The number of aryl methyl sites for hydroxylation is 1. The van der Waals surface area contributed by atoms with E-state index in [0.717, 1.165) is 24.5 Å². The van der Waals surface area contributed by atoms with Crippen molar-refractivity contribution in [1.82, 2.24) is 29.7 Å². The number of benzene rings is 1. The van der Waals surface area contributed by atoms with Crippen molar-refractivity contribution in [3.63, 3.8) is 0 Å². The van der Waals surface area contributed by atoms with Crippen LogP contribution in [0.25, 0.3) is 22.4 Å². The van der Waals surface area contributed by atoms with Gasteiger partial charge in [0.05, 0.1) is 29.6 Å². The summed E-state index contributed by atoms with van der Waals surface area (Å²) in [6.45, 7) is 1.74. The molecule has 6 rings (SSSR count). The van der Waals surface area contributed by atoms with Crippen molar-refractivity contribution in [1.29, 1.82) is 0 Å². The number of alkyl halides is 5. The third-order valence-corrected chi connectivity index (χ3v) is 7.08.